The summed E-state index contributed by atoms with van der Waals surface area (Å²) in [5.74, 6) is -2.17. The second-order valence-electron chi connectivity index (χ2n) is 7.15. The summed E-state index contributed by atoms with van der Waals surface area (Å²) in [4.78, 5) is 26.2. The molecule has 0 spiro atoms. The molecule has 1 aromatic rings. The van der Waals surface area contributed by atoms with E-state index in [2.05, 4.69) is 15.1 Å². The Balaban J connectivity index is 0.000000279. The van der Waals surface area contributed by atoms with Crippen LogP contribution in [-0.2, 0) is 14.3 Å². The smallest absolute Gasteiger partial charge is 0.475 e. The lowest BCUT2D eigenvalue weighted by Crippen LogP contribution is -2.47. The van der Waals surface area contributed by atoms with Gasteiger partial charge in [-0.3, -0.25) is 4.79 Å². The average molecular weight is 422 g/mol. The molecule has 8 nitrogen and oxygen atoms in total. The molecule has 1 N–H and O–H groups in total. The number of carbonyl (C=O) groups is 2. The van der Waals surface area contributed by atoms with Gasteiger partial charge in [-0.25, -0.2) is 4.79 Å². The number of likely N-dealkylation sites (tertiary alicyclic amines) is 1. The molecule has 0 radical (unpaired) electrons. The van der Waals surface area contributed by atoms with Crippen LogP contribution in [0.25, 0.3) is 0 Å². The van der Waals surface area contributed by atoms with E-state index in [0.717, 1.165) is 49.2 Å². The number of hydrogen-bond donors (Lipinski definition) is 1. The second-order valence-corrected chi connectivity index (χ2v) is 8.31. The molecule has 3 aliphatic heterocycles. The summed E-state index contributed by atoms with van der Waals surface area (Å²) in [5.41, 5.74) is -0.357. The first-order valence-corrected chi connectivity index (χ1v) is 9.67. The zero-order valence-electron chi connectivity index (χ0n) is 15.2. The van der Waals surface area contributed by atoms with Crippen LogP contribution in [0.2, 0.25) is 0 Å². The molecule has 12 heteroatoms. The van der Waals surface area contributed by atoms with Crippen LogP contribution in [-0.4, -0.2) is 77.6 Å². The average Bonchev–Trinajstić information content (AvgIpc) is 3.37. The SMILES string of the molecule is Cc1nnc(N2C[C@@H]3COC[C@]3(C(=O)N3CCCC3)C2)s1.O=C(O)C(F)(F)F. The Hall–Kier alpha value is -1.95. The zero-order chi connectivity index (χ0) is 20.5. The van der Waals surface area contributed by atoms with Gasteiger partial charge in [0.05, 0.1) is 18.6 Å². The maximum Gasteiger partial charge on any atom is 0.490 e. The van der Waals surface area contributed by atoms with Crippen molar-refractivity contribution in [2.24, 2.45) is 11.3 Å². The summed E-state index contributed by atoms with van der Waals surface area (Å²) < 4.78 is 37.4. The summed E-state index contributed by atoms with van der Waals surface area (Å²) in [7, 11) is 0. The predicted octanol–water partition coefficient (Wildman–Crippen LogP) is 1.56. The molecule has 0 aliphatic carbocycles. The number of anilines is 1. The number of alkyl halides is 3. The first-order chi connectivity index (χ1) is 13.1. The van der Waals surface area contributed by atoms with Crippen LogP contribution < -0.4 is 4.90 Å². The Bertz CT molecular complexity index is 738. The molecule has 2 atom stereocenters. The Morgan fingerprint density at radius 1 is 1.29 bits per heavy atom. The summed E-state index contributed by atoms with van der Waals surface area (Å²) >= 11 is 1.60. The van der Waals surface area contributed by atoms with E-state index in [1.807, 2.05) is 11.8 Å². The quantitative estimate of drug-likeness (QED) is 0.773. The molecule has 3 aliphatic rings. The first-order valence-electron chi connectivity index (χ1n) is 8.86. The van der Waals surface area contributed by atoms with E-state index in [-0.39, 0.29) is 11.3 Å². The van der Waals surface area contributed by atoms with Gasteiger partial charge in [-0.1, -0.05) is 11.3 Å². The fourth-order valence-electron chi connectivity index (χ4n) is 3.83. The largest absolute Gasteiger partial charge is 0.490 e. The molecule has 3 saturated heterocycles. The maximum absolute atomic E-state index is 13.0. The number of nitrogens with zero attached hydrogens (tertiary/aromatic N) is 4. The number of fused-ring (bicyclic) bond motifs is 1. The number of ether oxygens (including phenoxy) is 1. The predicted molar refractivity (Wildman–Crippen MR) is 93.1 cm³/mol. The minimum absolute atomic E-state index is 0.287. The highest BCUT2D eigenvalue weighted by molar-refractivity contribution is 7.15. The van der Waals surface area contributed by atoms with E-state index in [0.29, 0.717) is 19.1 Å². The van der Waals surface area contributed by atoms with Gasteiger partial charge < -0.3 is 19.6 Å². The molecule has 0 bridgehead atoms. The second kappa shape index (κ2) is 7.82. The normalized spacial score (nSPS) is 26.8. The maximum atomic E-state index is 13.0. The van der Waals surface area contributed by atoms with Gasteiger partial charge in [-0.15, -0.1) is 10.2 Å². The van der Waals surface area contributed by atoms with E-state index in [1.165, 1.54) is 0 Å². The van der Waals surface area contributed by atoms with E-state index in [9.17, 15) is 18.0 Å². The van der Waals surface area contributed by atoms with Crippen LogP contribution in [0, 0.1) is 18.3 Å². The zero-order valence-corrected chi connectivity index (χ0v) is 16.1. The fraction of sp³-hybridized carbons (Fsp3) is 0.750. The third-order valence-corrected chi connectivity index (χ3v) is 6.12. The minimum atomic E-state index is -5.08. The van der Waals surface area contributed by atoms with E-state index >= 15 is 0 Å². The lowest BCUT2D eigenvalue weighted by atomic mass is 9.79. The van der Waals surface area contributed by atoms with Crippen LogP contribution in [0.1, 0.15) is 17.8 Å². The van der Waals surface area contributed by atoms with Crippen molar-refractivity contribution in [3.63, 3.8) is 0 Å². The van der Waals surface area contributed by atoms with Crippen molar-refractivity contribution in [3.8, 4) is 0 Å². The fourth-order valence-corrected chi connectivity index (χ4v) is 4.53. The Morgan fingerprint density at radius 2 is 1.93 bits per heavy atom. The van der Waals surface area contributed by atoms with Gasteiger partial charge in [0.25, 0.3) is 0 Å². The van der Waals surface area contributed by atoms with Crippen molar-refractivity contribution >= 4 is 28.3 Å². The molecule has 3 fully saturated rings. The topological polar surface area (TPSA) is 95.9 Å². The van der Waals surface area contributed by atoms with Crippen LogP contribution in [0.3, 0.4) is 0 Å². The number of hydrogen-bond acceptors (Lipinski definition) is 7. The molecule has 156 valence electrons. The van der Waals surface area contributed by atoms with Crippen molar-refractivity contribution in [2.75, 3.05) is 44.3 Å². The number of aryl methyl sites for hydroxylation is 1. The van der Waals surface area contributed by atoms with Crippen LogP contribution in [0.4, 0.5) is 18.3 Å². The standard InChI is InChI=1S/C14H20N4O2S.C2HF3O2/c1-10-15-16-13(21-10)18-6-11-7-20-9-14(11,8-18)12(19)17-4-2-3-5-17;3-2(4,5)1(6)7/h11H,2-9H2,1H3;(H,6,7)/t11-,14-;/m1./s1. The summed E-state index contributed by atoms with van der Waals surface area (Å²) in [6, 6.07) is 0. The summed E-state index contributed by atoms with van der Waals surface area (Å²) in [6.07, 6.45) is -2.82. The molecule has 1 amide bonds. The Labute approximate surface area is 163 Å². The highest BCUT2D eigenvalue weighted by Gasteiger charge is 2.57. The number of amides is 1. The van der Waals surface area contributed by atoms with Gasteiger partial charge in [0.1, 0.15) is 5.01 Å². The number of carboxylic acids is 1. The molecule has 0 saturated carbocycles. The van der Waals surface area contributed by atoms with Gasteiger partial charge in [0.2, 0.25) is 11.0 Å². The number of halogens is 3. The summed E-state index contributed by atoms with van der Waals surface area (Å²) in [6.45, 7) is 6.60. The number of aromatic nitrogens is 2. The van der Waals surface area contributed by atoms with Crippen LogP contribution in [0.15, 0.2) is 0 Å². The molecular formula is C16H21F3N4O4S. The molecule has 0 unspecified atom stereocenters. The van der Waals surface area contributed by atoms with E-state index in [4.69, 9.17) is 14.6 Å². The van der Waals surface area contributed by atoms with Crippen molar-refractivity contribution < 1.29 is 32.6 Å². The van der Waals surface area contributed by atoms with Crippen LogP contribution in [0.5, 0.6) is 0 Å². The molecular weight excluding hydrogens is 401 g/mol. The van der Waals surface area contributed by atoms with Gasteiger partial charge in [0, 0.05) is 32.1 Å². The Morgan fingerprint density at radius 3 is 2.46 bits per heavy atom. The van der Waals surface area contributed by atoms with E-state index in [1.54, 1.807) is 11.3 Å². The lowest BCUT2D eigenvalue weighted by Gasteiger charge is -2.30. The van der Waals surface area contributed by atoms with E-state index < -0.39 is 12.1 Å². The molecule has 28 heavy (non-hydrogen) atoms. The number of carbonyl (C=O) groups excluding carboxylic acids is 1. The summed E-state index contributed by atoms with van der Waals surface area (Å²) in [5, 5.41) is 17.4. The number of aliphatic carboxylic acids is 1. The van der Waals surface area contributed by atoms with Gasteiger partial charge in [-0.2, -0.15) is 13.2 Å². The third kappa shape index (κ3) is 4.07. The van der Waals surface area contributed by atoms with Gasteiger partial charge in [0.15, 0.2) is 0 Å². The van der Waals surface area contributed by atoms with Crippen molar-refractivity contribution in [3.05, 3.63) is 5.01 Å². The molecule has 4 heterocycles. The lowest BCUT2D eigenvalue weighted by molar-refractivity contribution is -0.192. The monoisotopic (exact) mass is 422 g/mol. The van der Waals surface area contributed by atoms with Crippen molar-refractivity contribution in [1.82, 2.24) is 15.1 Å². The molecule has 1 aromatic heterocycles. The third-order valence-electron chi connectivity index (χ3n) is 5.22. The molecule has 4 rings (SSSR count). The van der Waals surface area contributed by atoms with Gasteiger partial charge >= 0.3 is 12.1 Å². The minimum Gasteiger partial charge on any atom is -0.475 e. The van der Waals surface area contributed by atoms with Crippen LogP contribution >= 0.6 is 11.3 Å². The highest BCUT2D eigenvalue weighted by Crippen LogP contribution is 2.45. The number of carboxylic acid groups (broad SMARTS) is 1. The van der Waals surface area contributed by atoms with Crippen molar-refractivity contribution in [1.29, 1.82) is 0 Å². The van der Waals surface area contributed by atoms with Gasteiger partial charge in [-0.05, 0) is 19.8 Å². The number of rotatable bonds is 2. The van der Waals surface area contributed by atoms with Crippen molar-refractivity contribution in [2.45, 2.75) is 25.9 Å². The Kier molecular flexibility index (Phi) is 5.80. The highest BCUT2D eigenvalue weighted by atomic mass is 32.1. The first kappa shape index (κ1) is 20.8. The molecule has 0 aromatic carbocycles.